The molecular weight excluding hydrogens is 345 g/mol. The molecule has 106 valence electrons. The molecule has 6 heteroatoms. The Balaban J connectivity index is 2.11. The van der Waals surface area contributed by atoms with Gasteiger partial charge in [-0.1, -0.05) is 6.07 Å². The van der Waals surface area contributed by atoms with E-state index in [1.807, 2.05) is 5.38 Å². The summed E-state index contributed by atoms with van der Waals surface area (Å²) in [6.45, 7) is 2.15. The average molecular weight is 358 g/mol. The van der Waals surface area contributed by atoms with Gasteiger partial charge in [0.05, 0.1) is 24.3 Å². The lowest BCUT2D eigenvalue weighted by molar-refractivity contribution is -0.143. The van der Waals surface area contributed by atoms with Crippen molar-refractivity contribution in [3.63, 3.8) is 0 Å². The first-order valence-corrected chi connectivity index (χ1v) is 7.83. The highest BCUT2D eigenvalue weighted by atomic mass is 79.9. The van der Waals surface area contributed by atoms with Gasteiger partial charge in [0, 0.05) is 16.3 Å². The first-order chi connectivity index (χ1) is 9.61. The molecule has 0 aliphatic heterocycles. The minimum Gasteiger partial charge on any atom is -0.466 e. The van der Waals surface area contributed by atoms with Crippen molar-refractivity contribution in [1.82, 2.24) is 4.98 Å². The third-order valence-electron chi connectivity index (χ3n) is 2.62. The zero-order valence-corrected chi connectivity index (χ0v) is 13.3. The van der Waals surface area contributed by atoms with Gasteiger partial charge in [0.2, 0.25) is 0 Å². The molecular formula is C14H13BrFNO2S. The molecule has 0 fully saturated rings. The van der Waals surface area contributed by atoms with Crippen molar-refractivity contribution in [3.8, 4) is 10.6 Å². The van der Waals surface area contributed by atoms with E-state index in [0.29, 0.717) is 28.1 Å². The summed E-state index contributed by atoms with van der Waals surface area (Å²) in [5, 5.41) is 2.45. The van der Waals surface area contributed by atoms with E-state index in [1.165, 1.54) is 17.4 Å². The second-order valence-electron chi connectivity index (χ2n) is 4.05. The Morgan fingerprint density at radius 3 is 3.00 bits per heavy atom. The third-order valence-corrected chi connectivity index (χ3v) is 4.19. The van der Waals surface area contributed by atoms with Crippen molar-refractivity contribution in [2.75, 3.05) is 6.61 Å². The molecule has 0 saturated carbocycles. The summed E-state index contributed by atoms with van der Waals surface area (Å²) < 4.78 is 19.4. The Morgan fingerprint density at radius 2 is 2.30 bits per heavy atom. The van der Waals surface area contributed by atoms with Crippen LogP contribution in [0.3, 0.4) is 0 Å². The highest BCUT2D eigenvalue weighted by Gasteiger charge is 2.13. The number of carbonyl (C=O) groups excluding carboxylic acids is 1. The summed E-state index contributed by atoms with van der Waals surface area (Å²) >= 11 is 4.69. The van der Waals surface area contributed by atoms with Gasteiger partial charge in [-0.15, -0.1) is 11.3 Å². The van der Waals surface area contributed by atoms with Crippen molar-refractivity contribution in [3.05, 3.63) is 39.6 Å². The van der Waals surface area contributed by atoms with Crippen LogP contribution < -0.4 is 0 Å². The summed E-state index contributed by atoms with van der Waals surface area (Å²) in [4.78, 5) is 15.7. The van der Waals surface area contributed by atoms with Crippen molar-refractivity contribution >= 4 is 33.2 Å². The summed E-state index contributed by atoms with van der Waals surface area (Å²) in [6, 6.07) is 4.82. The number of rotatable bonds is 5. The van der Waals surface area contributed by atoms with Crippen LogP contribution in [0.4, 0.5) is 4.39 Å². The normalized spacial score (nSPS) is 10.6. The number of thiazole rings is 1. The first kappa shape index (κ1) is 15.1. The van der Waals surface area contributed by atoms with Gasteiger partial charge in [0.15, 0.2) is 0 Å². The number of carbonyl (C=O) groups is 1. The van der Waals surface area contributed by atoms with Gasteiger partial charge in [0.1, 0.15) is 10.8 Å². The zero-order valence-electron chi connectivity index (χ0n) is 10.9. The number of halogens is 2. The molecule has 1 aromatic carbocycles. The minimum absolute atomic E-state index is 0.242. The van der Waals surface area contributed by atoms with Crippen LogP contribution in [-0.2, 0) is 16.0 Å². The largest absolute Gasteiger partial charge is 0.466 e. The molecule has 1 aromatic heterocycles. The van der Waals surface area contributed by atoms with Crippen LogP contribution in [0.1, 0.15) is 19.0 Å². The van der Waals surface area contributed by atoms with Gasteiger partial charge in [-0.3, -0.25) is 4.79 Å². The van der Waals surface area contributed by atoms with Crippen LogP contribution in [0.15, 0.2) is 28.1 Å². The quantitative estimate of drug-likeness (QED) is 0.752. The van der Waals surface area contributed by atoms with E-state index >= 15 is 0 Å². The van der Waals surface area contributed by atoms with Gasteiger partial charge < -0.3 is 4.74 Å². The second kappa shape index (κ2) is 6.95. The number of ether oxygens (including phenoxy) is 1. The molecule has 0 N–H and O–H groups in total. The molecule has 0 radical (unpaired) electrons. The molecule has 0 unspecified atom stereocenters. The second-order valence-corrected chi connectivity index (χ2v) is 5.76. The van der Waals surface area contributed by atoms with Crippen LogP contribution in [0, 0.1) is 5.82 Å². The monoisotopic (exact) mass is 357 g/mol. The van der Waals surface area contributed by atoms with Crippen LogP contribution >= 0.6 is 27.3 Å². The maximum absolute atomic E-state index is 13.8. The molecule has 2 aromatic rings. The van der Waals surface area contributed by atoms with Gasteiger partial charge in [-0.05, 0) is 35.0 Å². The van der Waals surface area contributed by atoms with E-state index in [9.17, 15) is 9.18 Å². The minimum atomic E-state index is -0.314. The summed E-state index contributed by atoms with van der Waals surface area (Å²) in [5.41, 5.74) is 1.23. The number of esters is 1. The highest BCUT2D eigenvalue weighted by Crippen LogP contribution is 2.33. The van der Waals surface area contributed by atoms with Crippen molar-refractivity contribution in [1.29, 1.82) is 0 Å². The summed E-state index contributed by atoms with van der Waals surface area (Å²) in [6.07, 6.45) is 0.789. The average Bonchev–Trinajstić information content (AvgIpc) is 2.85. The van der Waals surface area contributed by atoms with Crippen molar-refractivity contribution < 1.29 is 13.9 Å². The predicted octanol–water partition coefficient (Wildman–Crippen LogP) is 4.21. The van der Waals surface area contributed by atoms with E-state index in [4.69, 9.17) is 4.74 Å². The molecule has 0 atom stereocenters. The van der Waals surface area contributed by atoms with Gasteiger partial charge in [-0.25, -0.2) is 9.37 Å². The number of benzene rings is 1. The number of hydrogen-bond donors (Lipinski definition) is 0. The zero-order chi connectivity index (χ0) is 14.5. The first-order valence-electron chi connectivity index (χ1n) is 6.16. The molecule has 0 saturated heterocycles. The van der Waals surface area contributed by atoms with Crippen LogP contribution in [0.25, 0.3) is 10.6 Å². The van der Waals surface area contributed by atoms with E-state index in [0.717, 1.165) is 5.69 Å². The predicted molar refractivity (Wildman–Crippen MR) is 80.2 cm³/mol. The topological polar surface area (TPSA) is 39.2 Å². The lowest BCUT2D eigenvalue weighted by Gasteiger charge is -2.02. The molecule has 0 amide bonds. The molecule has 20 heavy (non-hydrogen) atoms. The Kier molecular flexibility index (Phi) is 5.25. The smallest absolute Gasteiger partial charge is 0.306 e. The van der Waals surface area contributed by atoms with Crippen molar-refractivity contribution in [2.24, 2.45) is 0 Å². The molecule has 1 heterocycles. The Morgan fingerprint density at radius 1 is 1.50 bits per heavy atom. The number of hydrogen-bond acceptors (Lipinski definition) is 4. The maximum atomic E-state index is 13.8. The van der Waals surface area contributed by atoms with Gasteiger partial charge >= 0.3 is 5.97 Å². The van der Waals surface area contributed by atoms with Crippen LogP contribution in [0.2, 0.25) is 0 Å². The maximum Gasteiger partial charge on any atom is 0.306 e. The number of nitrogens with zero attached hydrogens (tertiary/aromatic N) is 1. The Labute approximate surface area is 128 Å². The summed E-state index contributed by atoms with van der Waals surface area (Å²) in [7, 11) is 0. The fourth-order valence-electron chi connectivity index (χ4n) is 1.70. The molecule has 3 nitrogen and oxygen atoms in total. The fraction of sp³-hybridized carbons (Fsp3) is 0.286. The van der Waals surface area contributed by atoms with Crippen LogP contribution in [-0.4, -0.2) is 17.6 Å². The Bertz CT molecular complexity index is 595. The highest BCUT2D eigenvalue weighted by molar-refractivity contribution is 9.10. The van der Waals surface area contributed by atoms with Gasteiger partial charge in [0.25, 0.3) is 0 Å². The van der Waals surface area contributed by atoms with Crippen LogP contribution in [0.5, 0.6) is 0 Å². The van der Waals surface area contributed by atoms with E-state index < -0.39 is 0 Å². The van der Waals surface area contributed by atoms with E-state index in [2.05, 4.69) is 20.9 Å². The number of aryl methyl sites for hydroxylation is 1. The molecule has 0 aliphatic rings. The molecule has 0 spiro atoms. The fourth-order valence-corrected chi connectivity index (χ4v) is 3.28. The summed E-state index contributed by atoms with van der Waals surface area (Å²) in [5.74, 6) is -0.556. The molecule has 0 bridgehead atoms. The van der Waals surface area contributed by atoms with Crippen molar-refractivity contribution in [2.45, 2.75) is 19.8 Å². The SMILES string of the molecule is CCOC(=O)CCc1csc(-c2c(F)cccc2Br)n1. The lowest BCUT2D eigenvalue weighted by atomic mass is 10.2. The van der Waals surface area contributed by atoms with E-state index in [-0.39, 0.29) is 18.2 Å². The van der Waals surface area contributed by atoms with E-state index in [1.54, 1.807) is 19.1 Å². The lowest BCUT2D eigenvalue weighted by Crippen LogP contribution is -2.05. The van der Waals surface area contributed by atoms with Gasteiger partial charge in [-0.2, -0.15) is 0 Å². The third kappa shape index (κ3) is 3.64. The standard InChI is InChI=1S/C14H13BrFNO2S/c1-2-19-12(18)7-6-9-8-20-14(17-9)13-10(15)4-3-5-11(13)16/h3-5,8H,2,6-7H2,1H3. The molecule has 0 aliphatic carbocycles. The molecule has 2 rings (SSSR count). The number of aromatic nitrogens is 1. The Hall–Kier alpha value is -1.27.